The molecule has 1 aromatic rings. The molecule has 0 spiro atoms. The summed E-state index contributed by atoms with van der Waals surface area (Å²) in [4.78, 5) is 0. The van der Waals surface area contributed by atoms with Gasteiger partial charge >= 0.3 is 8.80 Å². The minimum Gasteiger partial charge on any atom is -0.374 e. The number of nitrogens with zero attached hydrogens (tertiary/aromatic N) is 2. The second-order valence-corrected chi connectivity index (χ2v) is 12.4. The monoisotopic (exact) mass is 396 g/mol. The lowest BCUT2D eigenvalue weighted by Crippen LogP contribution is -2.72. The lowest BCUT2D eigenvalue weighted by Gasteiger charge is -2.46. The minimum absolute atomic E-state index is 0.986. The van der Waals surface area contributed by atoms with Crippen LogP contribution in [0.2, 0.25) is 0 Å². The van der Waals surface area contributed by atoms with Crippen molar-refractivity contribution >= 4 is 22.4 Å². The van der Waals surface area contributed by atoms with Crippen LogP contribution in [-0.4, -0.2) is 73.8 Å². The Balaban J connectivity index is 3.66. The third kappa shape index (κ3) is 4.72. The maximum absolute atomic E-state index is 5.65. The highest BCUT2D eigenvalue weighted by Crippen LogP contribution is 2.20. The van der Waals surface area contributed by atoms with Gasteiger partial charge in [0.2, 0.25) is 0 Å². The van der Waals surface area contributed by atoms with Crippen molar-refractivity contribution in [2.24, 2.45) is 0 Å². The lowest BCUT2D eigenvalue weighted by molar-refractivity contribution is 0.138. The van der Waals surface area contributed by atoms with Gasteiger partial charge in [-0.25, -0.2) is 0 Å². The van der Waals surface area contributed by atoms with Crippen LogP contribution in [0.25, 0.3) is 0 Å². The highest BCUT2D eigenvalue weighted by molar-refractivity contribution is 6.92. The summed E-state index contributed by atoms with van der Waals surface area (Å²) in [6.07, 6.45) is 0. The van der Waals surface area contributed by atoms with E-state index < -0.39 is 17.2 Å². The molecule has 0 aliphatic rings. The van der Waals surface area contributed by atoms with Crippen LogP contribution in [-0.2, 0) is 13.3 Å². The van der Waals surface area contributed by atoms with E-state index in [9.17, 15) is 0 Å². The molecule has 0 amide bonds. The molecule has 0 saturated heterocycles. The smallest absolute Gasteiger partial charge is 0.374 e. The molecule has 0 bridgehead atoms. The molecular formula is C19H36N2O3Si2. The second-order valence-electron chi connectivity index (χ2n) is 5.99. The molecule has 26 heavy (non-hydrogen) atoms. The third-order valence-electron chi connectivity index (χ3n) is 5.06. The molecule has 0 N–H and O–H groups in total. The maximum atomic E-state index is 5.65. The topological polar surface area (TPSA) is 34.2 Å². The van der Waals surface area contributed by atoms with Gasteiger partial charge < -0.3 is 22.4 Å². The van der Waals surface area contributed by atoms with Gasteiger partial charge in [-0.15, -0.1) is 0 Å². The van der Waals surface area contributed by atoms with E-state index in [1.165, 1.54) is 5.19 Å². The molecule has 0 unspecified atom stereocenters. The summed E-state index contributed by atoms with van der Waals surface area (Å²) < 4.78 is 22.2. The van der Waals surface area contributed by atoms with Crippen molar-refractivity contribution in [2.75, 3.05) is 47.5 Å². The van der Waals surface area contributed by atoms with Gasteiger partial charge in [-0.3, -0.25) is 0 Å². The molecule has 0 atom stereocenters. The van der Waals surface area contributed by atoms with Crippen LogP contribution in [0, 0.1) is 0 Å². The molecule has 1 aromatic carbocycles. The third-order valence-corrected chi connectivity index (χ3v) is 12.7. The molecular weight excluding hydrogens is 360 g/mol. The van der Waals surface area contributed by atoms with E-state index in [4.69, 9.17) is 13.3 Å². The SMILES string of the molecule is CCN(CC)[Si](C=C[Si](OC)(OC)OC)(c1ccccc1)N(CC)CC. The van der Waals surface area contributed by atoms with Gasteiger partial charge in [0.05, 0.1) is 0 Å². The molecule has 0 heterocycles. The van der Waals surface area contributed by atoms with E-state index in [0.29, 0.717) is 0 Å². The lowest BCUT2D eigenvalue weighted by atomic mass is 10.4. The predicted molar refractivity (Wildman–Crippen MR) is 114 cm³/mol. The first-order valence-corrected chi connectivity index (χ1v) is 13.2. The summed E-state index contributed by atoms with van der Waals surface area (Å²) >= 11 is 0. The Hall–Kier alpha value is -0.806. The zero-order valence-electron chi connectivity index (χ0n) is 17.5. The van der Waals surface area contributed by atoms with Crippen molar-refractivity contribution in [3.05, 3.63) is 41.7 Å². The number of rotatable bonds is 12. The highest BCUT2D eigenvalue weighted by atomic mass is 28.4. The first-order valence-electron chi connectivity index (χ1n) is 9.45. The van der Waals surface area contributed by atoms with Gasteiger partial charge in [0, 0.05) is 21.3 Å². The minimum atomic E-state index is -2.80. The van der Waals surface area contributed by atoms with Gasteiger partial charge in [0.15, 0.2) is 0 Å². The Morgan fingerprint density at radius 1 is 0.731 bits per heavy atom. The zero-order valence-corrected chi connectivity index (χ0v) is 19.5. The standard InChI is InChI=1S/C19H36N2O3Si2/c1-8-20(9-2)25(21(10-3)11-4,19-15-13-12-14-16-19)17-18-26(22-5,23-6)24-7/h12-18H,8-11H2,1-7H3. The van der Waals surface area contributed by atoms with E-state index in [2.05, 4.69) is 78.6 Å². The molecule has 0 fully saturated rings. The summed E-state index contributed by atoms with van der Waals surface area (Å²) in [5, 5.41) is 1.37. The molecule has 0 aliphatic carbocycles. The first-order chi connectivity index (χ1) is 12.5. The number of benzene rings is 1. The van der Waals surface area contributed by atoms with Crippen molar-refractivity contribution in [1.82, 2.24) is 9.13 Å². The van der Waals surface area contributed by atoms with Crippen molar-refractivity contribution < 1.29 is 13.3 Å². The van der Waals surface area contributed by atoms with Gasteiger partial charge in [0.25, 0.3) is 8.40 Å². The van der Waals surface area contributed by atoms with Gasteiger partial charge in [-0.2, -0.15) is 0 Å². The van der Waals surface area contributed by atoms with Crippen LogP contribution in [0.5, 0.6) is 0 Å². The van der Waals surface area contributed by atoms with Crippen LogP contribution < -0.4 is 5.19 Å². The molecule has 148 valence electrons. The van der Waals surface area contributed by atoms with E-state index in [1.54, 1.807) is 21.3 Å². The average molecular weight is 397 g/mol. The van der Waals surface area contributed by atoms with E-state index in [1.807, 2.05) is 0 Å². The largest absolute Gasteiger partial charge is 0.528 e. The molecule has 0 saturated carbocycles. The molecule has 1 rings (SSSR count). The number of hydrogen-bond acceptors (Lipinski definition) is 5. The van der Waals surface area contributed by atoms with Crippen molar-refractivity contribution in [1.29, 1.82) is 0 Å². The number of hydrogen-bond donors (Lipinski definition) is 0. The molecule has 0 aromatic heterocycles. The van der Waals surface area contributed by atoms with Crippen LogP contribution >= 0.6 is 0 Å². The van der Waals surface area contributed by atoms with Gasteiger partial charge in [-0.1, -0.05) is 63.7 Å². The summed E-state index contributed by atoms with van der Waals surface area (Å²) in [6, 6.07) is 10.8. The quantitative estimate of drug-likeness (QED) is 0.507. The fourth-order valence-corrected chi connectivity index (χ4v) is 10.6. The second kappa shape index (κ2) is 11.1. The maximum Gasteiger partial charge on any atom is 0.528 e. The summed E-state index contributed by atoms with van der Waals surface area (Å²) in [5.41, 5.74) is 4.42. The first kappa shape index (κ1) is 23.2. The van der Waals surface area contributed by atoms with Crippen molar-refractivity contribution in [2.45, 2.75) is 27.7 Å². The van der Waals surface area contributed by atoms with E-state index >= 15 is 0 Å². The Bertz CT molecular complexity index is 511. The van der Waals surface area contributed by atoms with Gasteiger partial charge in [0.1, 0.15) is 0 Å². The van der Waals surface area contributed by atoms with Crippen molar-refractivity contribution in [3.8, 4) is 0 Å². The Kier molecular flexibility index (Phi) is 9.95. The van der Waals surface area contributed by atoms with E-state index in [0.717, 1.165) is 26.2 Å². The summed E-state index contributed by atoms with van der Waals surface area (Å²) in [7, 11) is -0.140. The van der Waals surface area contributed by atoms with Crippen LogP contribution in [0.15, 0.2) is 41.7 Å². The van der Waals surface area contributed by atoms with Crippen LogP contribution in [0.4, 0.5) is 0 Å². The van der Waals surface area contributed by atoms with E-state index in [-0.39, 0.29) is 0 Å². The highest BCUT2D eigenvalue weighted by Gasteiger charge is 2.45. The average Bonchev–Trinajstić information content (AvgIpc) is 2.71. The molecule has 0 radical (unpaired) electrons. The predicted octanol–water partition coefficient (Wildman–Crippen LogP) is 2.53. The Morgan fingerprint density at radius 3 is 1.50 bits per heavy atom. The fourth-order valence-electron chi connectivity index (χ4n) is 3.64. The fraction of sp³-hybridized carbons (Fsp3) is 0.579. The zero-order chi connectivity index (χ0) is 19.6. The molecule has 5 nitrogen and oxygen atoms in total. The van der Waals surface area contributed by atoms with Crippen LogP contribution in [0.3, 0.4) is 0 Å². The molecule has 7 heteroatoms. The Labute approximate surface area is 162 Å². The van der Waals surface area contributed by atoms with Crippen molar-refractivity contribution in [3.63, 3.8) is 0 Å². The van der Waals surface area contributed by atoms with Crippen LogP contribution in [0.1, 0.15) is 27.7 Å². The summed E-state index contributed by atoms with van der Waals surface area (Å²) in [6.45, 7) is 12.9. The normalized spacial score (nSPS) is 13.3. The molecule has 0 aliphatic heterocycles. The Morgan fingerprint density at radius 2 is 1.15 bits per heavy atom. The summed E-state index contributed by atoms with van der Waals surface area (Å²) in [5.74, 6) is 0. The van der Waals surface area contributed by atoms with Gasteiger partial charge in [-0.05, 0) is 37.1 Å².